The Bertz CT molecular complexity index is 1010. The van der Waals surface area contributed by atoms with E-state index in [2.05, 4.69) is 31.8 Å². The van der Waals surface area contributed by atoms with Gasteiger partial charge < -0.3 is 14.5 Å². The summed E-state index contributed by atoms with van der Waals surface area (Å²) in [4.78, 5) is 27.7. The van der Waals surface area contributed by atoms with Gasteiger partial charge in [0.15, 0.2) is 11.5 Å². The van der Waals surface area contributed by atoms with Crippen molar-refractivity contribution >= 4 is 38.6 Å². The van der Waals surface area contributed by atoms with Crippen molar-refractivity contribution < 1.29 is 19.1 Å². The van der Waals surface area contributed by atoms with E-state index in [0.717, 1.165) is 10.9 Å². The molecule has 4 rings (SSSR count). The minimum atomic E-state index is -0.459. The molecule has 0 fully saturated rings. The number of aromatic amines is 1. The smallest absolute Gasteiger partial charge is 0.287 e. The third kappa shape index (κ3) is 2.99. The third-order valence-electron chi connectivity index (χ3n) is 3.96. The van der Waals surface area contributed by atoms with Gasteiger partial charge in [-0.2, -0.15) is 0 Å². The number of hydrogen-bond acceptors (Lipinski definition) is 4. The second kappa shape index (κ2) is 6.72. The lowest BCUT2D eigenvalue weighted by Crippen LogP contribution is -2.41. The minimum Gasteiger partial charge on any atom is -0.486 e. The number of halogens is 1. The molecule has 1 aromatic heterocycles. The average Bonchev–Trinajstić information content (AvgIpc) is 3.02. The molecule has 0 saturated carbocycles. The number of para-hydroxylation sites is 1. The predicted molar refractivity (Wildman–Crippen MR) is 98.4 cm³/mol. The van der Waals surface area contributed by atoms with Crippen LogP contribution in [0.3, 0.4) is 0 Å². The molecule has 7 nitrogen and oxygen atoms in total. The Labute approximate surface area is 156 Å². The van der Waals surface area contributed by atoms with Crippen LogP contribution < -0.4 is 20.3 Å². The highest BCUT2D eigenvalue weighted by atomic mass is 79.9. The van der Waals surface area contributed by atoms with Gasteiger partial charge in [-0.15, -0.1) is 0 Å². The van der Waals surface area contributed by atoms with Crippen molar-refractivity contribution in [2.45, 2.75) is 0 Å². The first-order valence-electron chi connectivity index (χ1n) is 7.90. The van der Waals surface area contributed by atoms with E-state index in [-0.39, 0.29) is 0 Å². The van der Waals surface area contributed by atoms with Crippen LogP contribution in [0.5, 0.6) is 11.5 Å². The Kier molecular flexibility index (Phi) is 4.26. The molecule has 2 aromatic carbocycles. The number of nitrogens with one attached hydrogen (secondary N) is 3. The summed E-state index contributed by atoms with van der Waals surface area (Å²) in [5.74, 6) is 0.189. The molecule has 26 heavy (non-hydrogen) atoms. The second-order valence-electron chi connectivity index (χ2n) is 5.63. The van der Waals surface area contributed by atoms with Crippen molar-refractivity contribution in [1.82, 2.24) is 15.8 Å². The highest BCUT2D eigenvalue weighted by Crippen LogP contribution is 2.30. The summed E-state index contributed by atoms with van der Waals surface area (Å²) < 4.78 is 11.5. The summed E-state index contributed by atoms with van der Waals surface area (Å²) in [5, 5.41) is 0.885. The fraction of sp³-hybridized carbons (Fsp3) is 0.111. The van der Waals surface area contributed by atoms with Gasteiger partial charge in [0.25, 0.3) is 11.8 Å². The van der Waals surface area contributed by atoms with Crippen LogP contribution in [0, 0.1) is 0 Å². The molecule has 2 amide bonds. The summed E-state index contributed by atoms with van der Waals surface area (Å²) in [6, 6.07) is 12.4. The zero-order chi connectivity index (χ0) is 18.1. The number of hydrogen-bond donors (Lipinski definition) is 3. The third-order valence-corrected chi connectivity index (χ3v) is 4.79. The van der Waals surface area contributed by atoms with Crippen molar-refractivity contribution in [1.29, 1.82) is 0 Å². The number of ether oxygens (including phenoxy) is 2. The molecule has 1 aliphatic rings. The normalized spacial score (nSPS) is 12.7. The lowest BCUT2D eigenvalue weighted by Gasteiger charge is -2.18. The zero-order valence-corrected chi connectivity index (χ0v) is 15.1. The topological polar surface area (TPSA) is 92.5 Å². The number of carbonyl (C=O) groups excluding carboxylic acids is 2. The molecule has 3 aromatic rings. The molecule has 0 aliphatic carbocycles. The fourth-order valence-electron chi connectivity index (χ4n) is 2.70. The Balaban J connectivity index is 1.47. The summed E-state index contributed by atoms with van der Waals surface area (Å²) in [5.41, 5.74) is 6.31. The first kappa shape index (κ1) is 16.5. The summed E-state index contributed by atoms with van der Waals surface area (Å²) in [6.45, 7) is 0.914. The van der Waals surface area contributed by atoms with Crippen molar-refractivity contribution in [3.05, 3.63) is 58.2 Å². The first-order chi connectivity index (χ1) is 12.6. The van der Waals surface area contributed by atoms with Gasteiger partial charge in [0.05, 0.1) is 4.47 Å². The maximum absolute atomic E-state index is 12.4. The van der Waals surface area contributed by atoms with Crippen LogP contribution in [0.25, 0.3) is 10.9 Å². The molecule has 8 heteroatoms. The first-order valence-corrected chi connectivity index (χ1v) is 8.69. The van der Waals surface area contributed by atoms with Crippen LogP contribution in [-0.4, -0.2) is 30.0 Å². The van der Waals surface area contributed by atoms with E-state index in [1.165, 1.54) is 0 Å². The van der Waals surface area contributed by atoms with Crippen LogP contribution in [0.1, 0.15) is 20.8 Å². The van der Waals surface area contributed by atoms with Crippen LogP contribution in [0.4, 0.5) is 0 Å². The Morgan fingerprint density at radius 2 is 1.69 bits per heavy atom. The van der Waals surface area contributed by atoms with E-state index in [4.69, 9.17) is 9.47 Å². The Morgan fingerprint density at radius 1 is 0.962 bits per heavy atom. The molecular formula is C18H14BrN3O4. The SMILES string of the molecule is O=C(NNC(=O)c1[nH]c2ccccc2c1Br)c1ccc2c(c1)OCCO2. The molecule has 1 aliphatic heterocycles. The highest BCUT2D eigenvalue weighted by molar-refractivity contribution is 9.10. The molecule has 3 N–H and O–H groups in total. The highest BCUT2D eigenvalue weighted by Gasteiger charge is 2.18. The van der Waals surface area contributed by atoms with Crippen LogP contribution in [0.2, 0.25) is 0 Å². The molecular weight excluding hydrogens is 402 g/mol. The second-order valence-corrected chi connectivity index (χ2v) is 6.42. The van der Waals surface area contributed by atoms with Gasteiger partial charge in [-0.25, -0.2) is 0 Å². The standard InChI is InChI=1S/C18H14BrN3O4/c19-15-11-3-1-2-4-12(11)20-16(15)18(24)22-21-17(23)10-5-6-13-14(9-10)26-8-7-25-13/h1-6,9,20H,7-8H2,(H,21,23)(H,22,24). The molecule has 2 heterocycles. The molecule has 0 unspecified atom stereocenters. The molecule has 0 saturated heterocycles. The van der Waals surface area contributed by atoms with Crippen molar-refractivity contribution in [3.63, 3.8) is 0 Å². The largest absolute Gasteiger partial charge is 0.486 e. The van der Waals surface area contributed by atoms with Crippen molar-refractivity contribution in [2.75, 3.05) is 13.2 Å². The van der Waals surface area contributed by atoms with E-state index < -0.39 is 11.8 Å². The predicted octanol–water partition coefficient (Wildman–Crippen LogP) is 2.78. The number of amides is 2. The van der Waals surface area contributed by atoms with E-state index in [1.54, 1.807) is 18.2 Å². The maximum atomic E-state index is 12.4. The number of H-pyrrole nitrogens is 1. The van der Waals surface area contributed by atoms with Crippen LogP contribution >= 0.6 is 15.9 Å². The number of rotatable bonds is 2. The fourth-order valence-corrected chi connectivity index (χ4v) is 3.32. The van der Waals surface area contributed by atoms with Gasteiger partial charge in [-0.3, -0.25) is 20.4 Å². The van der Waals surface area contributed by atoms with Crippen molar-refractivity contribution in [3.8, 4) is 11.5 Å². The molecule has 0 atom stereocenters. The Hall–Kier alpha value is -3.00. The zero-order valence-electron chi connectivity index (χ0n) is 13.5. The number of carbonyl (C=O) groups is 2. The van der Waals surface area contributed by atoms with Crippen LogP contribution in [-0.2, 0) is 0 Å². The molecule has 0 radical (unpaired) electrons. The molecule has 132 valence electrons. The number of fused-ring (bicyclic) bond motifs is 2. The lowest BCUT2D eigenvalue weighted by molar-refractivity contribution is 0.0843. The summed E-state index contributed by atoms with van der Waals surface area (Å²) in [6.07, 6.45) is 0. The minimum absolute atomic E-state index is 0.327. The van der Waals surface area contributed by atoms with Gasteiger partial charge >= 0.3 is 0 Å². The quantitative estimate of drug-likeness (QED) is 0.561. The van der Waals surface area contributed by atoms with E-state index in [1.807, 2.05) is 24.3 Å². The lowest BCUT2D eigenvalue weighted by atomic mass is 10.2. The monoisotopic (exact) mass is 415 g/mol. The van der Waals surface area contributed by atoms with Gasteiger partial charge in [0.1, 0.15) is 18.9 Å². The summed E-state index contributed by atoms with van der Waals surface area (Å²) >= 11 is 3.41. The summed E-state index contributed by atoms with van der Waals surface area (Å²) in [7, 11) is 0. The van der Waals surface area contributed by atoms with E-state index in [9.17, 15) is 9.59 Å². The number of aromatic nitrogens is 1. The maximum Gasteiger partial charge on any atom is 0.287 e. The molecule has 0 spiro atoms. The Morgan fingerprint density at radius 3 is 2.50 bits per heavy atom. The van der Waals surface area contributed by atoms with Gasteiger partial charge in [-0.05, 0) is 40.2 Å². The number of hydrazine groups is 1. The van der Waals surface area contributed by atoms with Gasteiger partial charge in [0.2, 0.25) is 0 Å². The molecule has 0 bridgehead atoms. The van der Waals surface area contributed by atoms with Crippen LogP contribution in [0.15, 0.2) is 46.9 Å². The van der Waals surface area contributed by atoms with E-state index in [0.29, 0.717) is 40.4 Å². The van der Waals surface area contributed by atoms with Gasteiger partial charge in [-0.1, -0.05) is 18.2 Å². The van der Waals surface area contributed by atoms with Gasteiger partial charge in [0, 0.05) is 16.5 Å². The van der Waals surface area contributed by atoms with Crippen molar-refractivity contribution in [2.24, 2.45) is 0 Å². The average molecular weight is 416 g/mol. The van der Waals surface area contributed by atoms with E-state index >= 15 is 0 Å². The number of benzene rings is 2.